The van der Waals surface area contributed by atoms with Crippen LogP contribution in [0.4, 0.5) is 5.82 Å². The Bertz CT molecular complexity index is 816. The van der Waals surface area contributed by atoms with Gasteiger partial charge in [0.05, 0.1) is 7.11 Å². The predicted octanol–water partition coefficient (Wildman–Crippen LogP) is 2.96. The van der Waals surface area contributed by atoms with E-state index in [0.29, 0.717) is 19.0 Å². The number of nitrogens with one attached hydrogen (secondary N) is 1. The smallest absolute Gasteiger partial charge is 0.358 e. The van der Waals surface area contributed by atoms with Crippen LogP contribution < -0.4 is 14.8 Å². The number of carbonyl (C=O) groups excluding carboxylic acids is 1. The third-order valence-electron chi connectivity index (χ3n) is 5.38. The minimum atomic E-state index is -0.488. The van der Waals surface area contributed by atoms with Crippen molar-refractivity contribution in [3.05, 3.63) is 41.6 Å². The van der Waals surface area contributed by atoms with Crippen molar-refractivity contribution in [3.8, 4) is 11.5 Å². The normalized spacial score (nSPS) is 17.4. The molecular formula is C20H23N3O4. The predicted molar refractivity (Wildman–Crippen MR) is 99.4 cm³/mol. The van der Waals surface area contributed by atoms with Gasteiger partial charge in [0.1, 0.15) is 19.0 Å². The quantitative estimate of drug-likeness (QED) is 0.811. The number of nitrogens with zero attached hydrogens (tertiary/aromatic N) is 2. The summed E-state index contributed by atoms with van der Waals surface area (Å²) in [6.07, 6.45) is 4.60. The number of anilines is 1. The van der Waals surface area contributed by atoms with Crippen molar-refractivity contribution in [2.24, 2.45) is 0 Å². The lowest BCUT2D eigenvalue weighted by molar-refractivity contribution is 0.0592. The molecule has 2 aromatic rings. The molecule has 0 spiro atoms. The van der Waals surface area contributed by atoms with E-state index in [1.807, 2.05) is 6.07 Å². The maximum absolute atomic E-state index is 11.5. The van der Waals surface area contributed by atoms with Gasteiger partial charge in [0.15, 0.2) is 17.2 Å². The average Bonchev–Trinajstić information content (AvgIpc) is 3.22. The number of hydrogen-bond donors (Lipinski definition) is 1. The van der Waals surface area contributed by atoms with Crippen LogP contribution in [0.5, 0.6) is 11.5 Å². The highest BCUT2D eigenvalue weighted by Gasteiger charge is 2.36. The molecule has 1 aliphatic carbocycles. The summed E-state index contributed by atoms with van der Waals surface area (Å²) >= 11 is 0. The second-order valence-corrected chi connectivity index (χ2v) is 6.99. The lowest BCUT2D eigenvalue weighted by atomic mass is 9.78. The van der Waals surface area contributed by atoms with Gasteiger partial charge in [-0.15, -0.1) is 10.2 Å². The third-order valence-corrected chi connectivity index (χ3v) is 5.38. The Balaban J connectivity index is 1.52. The van der Waals surface area contributed by atoms with E-state index in [9.17, 15) is 4.79 Å². The fraction of sp³-hybridized carbons (Fsp3) is 0.450. The largest absolute Gasteiger partial charge is 0.486 e. The summed E-state index contributed by atoms with van der Waals surface area (Å²) in [6, 6.07) is 9.65. The van der Waals surface area contributed by atoms with Crippen LogP contribution in [0.25, 0.3) is 0 Å². The van der Waals surface area contributed by atoms with E-state index in [1.165, 1.54) is 25.5 Å². The molecule has 0 amide bonds. The van der Waals surface area contributed by atoms with Crippen molar-refractivity contribution in [3.63, 3.8) is 0 Å². The van der Waals surface area contributed by atoms with E-state index >= 15 is 0 Å². The van der Waals surface area contributed by atoms with E-state index in [4.69, 9.17) is 9.47 Å². The molecule has 1 N–H and O–H groups in total. The summed E-state index contributed by atoms with van der Waals surface area (Å²) in [5.41, 5.74) is 1.49. The summed E-state index contributed by atoms with van der Waals surface area (Å²) < 4.78 is 16.1. The van der Waals surface area contributed by atoms with Gasteiger partial charge in [-0.2, -0.15) is 0 Å². The Kier molecular flexibility index (Phi) is 4.83. The molecule has 1 aliphatic heterocycles. The number of fused-ring (bicyclic) bond motifs is 1. The van der Waals surface area contributed by atoms with Crippen molar-refractivity contribution in [1.29, 1.82) is 0 Å². The summed E-state index contributed by atoms with van der Waals surface area (Å²) in [7, 11) is 1.33. The molecule has 0 atom stereocenters. The second kappa shape index (κ2) is 7.42. The minimum Gasteiger partial charge on any atom is -0.486 e. The number of ether oxygens (including phenoxy) is 3. The van der Waals surface area contributed by atoms with E-state index in [-0.39, 0.29) is 11.1 Å². The molecule has 1 aromatic heterocycles. The van der Waals surface area contributed by atoms with Gasteiger partial charge in [-0.25, -0.2) is 4.79 Å². The monoisotopic (exact) mass is 369 g/mol. The zero-order valence-electron chi connectivity index (χ0n) is 15.4. The van der Waals surface area contributed by atoms with Crippen LogP contribution in [0.15, 0.2) is 30.3 Å². The lowest BCUT2D eigenvalue weighted by Crippen LogP contribution is -2.32. The Hall–Kier alpha value is -2.83. The Morgan fingerprint density at radius 3 is 2.59 bits per heavy atom. The Morgan fingerprint density at radius 2 is 1.89 bits per heavy atom. The van der Waals surface area contributed by atoms with Gasteiger partial charge in [-0.3, -0.25) is 0 Å². The fourth-order valence-electron chi connectivity index (χ4n) is 3.89. The topological polar surface area (TPSA) is 82.6 Å². The first-order chi connectivity index (χ1) is 13.2. The Morgan fingerprint density at radius 1 is 1.11 bits per heavy atom. The molecule has 27 heavy (non-hydrogen) atoms. The van der Waals surface area contributed by atoms with Crippen molar-refractivity contribution in [2.45, 2.75) is 31.1 Å². The first kappa shape index (κ1) is 17.6. The van der Waals surface area contributed by atoms with Crippen molar-refractivity contribution < 1.29 is 19.0 Å². The van der Waals surface area contributed by atoms with Gasteiger partial charge in [0.2, 0.25) is 0 Å². The number of esters is 1. The average molecular weight is 369 g/mol. The highest BCUT2D eigenvalue weighted by molar-refractivity contribution is 5.86. The SMILES string of the molecule is COC(=O)c1ccc(NCC2(c3ccc4c(c3)OCCO4)CCCC2)nn1. The number of methoxy groups -OCH3 is 1. The number of carbonyl (C=O) groups is 1. The molecule has 7 nitrogen and oxygen atoms in total. The standard InChI is InChI=1S/C20H23N3O4/c1-25-19(24)15-5-7-18(23-22-15)21-13-20(8-2-3-9-20)14-4-6-16-17(12-14)27-11-10-26-16/h4-7,12H,2-3,8-11,13H2,1H3,(H,21,23). The zero-order valence-corrected chi connectivity index (χ0v) is 15.4. The zero-order chi connectivity index (χ0) is 18.7. The number of aromatic nitrogens is 2. The van der Waals surface area contributed by atoms with Gasteiger partial charge in [0, 0.05) is 12.0 Å². The van der Waals surface area contributed by atoms with E-state index in [1.54, 1.807) is 12.1 Å². The third kappa shape index (κ3) is 3.54. The van der Waals surface area contributed by atoms with Gasteiger partial charge >= 0.3 is 5.97 Å². The van der Waals surface area contributed by atoms with Crippen LogP contribution in [0.2, 0.25) is 0 Å². The summed E-state index contributed by atoms with van der Waals surface area (Å²) in [5, 5.41) is 11.4. The van der Waals surface area contributed by atoms with E-state index < -0.39 is 5.97 Å². The van der Waals surface area contributed by atoms with Crippen LogP contribution in [0, 0.1) is 0 Å². The molecule has 0 bridgehead atoms. The molecule has 0 unspecified atom stereocenters. The molecule has 0 saturated heterocycles. The molecular weight excluding hydrogens is 346 g/mol. The molecule has 2 heterocycles. The van der Waals surface area contributed by atoms with Crippen LogP contribution in [-0.4, -0.2) is 43.0 Å². The summed E-state index contributed by atoms with van der Waals surface area (Å²) in [4.78, 5) is 11.5. The van der Waals surface area contributed by atoms with Gasteiger partial charge in [-0.1, -0.05) is 18.9 Å². The number of rotatable bonds is 5. The van der Waals surface area contributed by atoms with Crippen LogP contribution in [0.1, 0.15) is 41.7 Å². The van der Waals surface area contributed by atoms with Crippen molar-refractivity contribution in [2.75, 3.05) is 32.2 Å². The van der Waals surface area contributed by atoms with Crippen LogP contribution in [-0.2, 0) is 10.2 Å². The summed E-state index contributed by atoms with van der Waals surface area (Å²) in [5.74, 6) is 1.80. The Labute approximate surface area is 158 Å². The molecule has 7 heteroatoms. The van der Waals surface area contributed by atoms with E-state index in [2.05, 4.69) is 32.4 Å². The van der Waals surface area contributed by atoms with Gasteiger partial charge in [0.25, 0.3) is 0 Å². The highest BCUT2D eigenvalue weighted by atomic mass is 16.6. The van der Waals surface area contributed by atoms with Crippen LogP contribution >= 0.6 is 0 Å². The van der Waals surface area contributed by atoms with Crippen molar-refractivity contribution in [1.82, 2.24) is 10.2 Å². The number of hydrogen-bond acceptors (Lipinski definition) is 7. The van der Waals surface area contributed by atoms with Gasteiger partial charge in [-0.05, 0) is 42.7 Å². The molecule has 0 radical (unpaired) electrons. The maximum Gasteiger partial charge on any atom is 0.358 e. The fourth-order valence-corrected chi connectivity index (χ4v) is 3.89. The van der Waals surface area contributed by atoms with Crippen LogP contribution in [0.3, 0.4) is 0 Å². The summed E-state index contributed by atoms with van der Waals surface area (Å²) in [6.45, 7) is 1.93. The molecule has 142 valence electrons. The van der Waals surface area contributed by atoms with Crippen molar-refractivity contribution >= 4 is 11.8 Å². The van der Waals surface area contributed by atoms with E-state index in [0.717, 1.165) is 30.9 Å². The molecule has 2 aliphatic rings. The second-order valence-electron chi connectivity index (χ2n) is 6.99. The maximum atomic E-state index is 11.5. The molecule has 1 aromatic carbocycles. The molecule has 1 fully saturated rings. The number of benzene rings is 1. The minimum absolute atomic E-state index is 0.0263. The molecule has 4 rings (SSSR count). The van der Waals surface area contributed by atoms with Gasteiger partial charge < -0.3 is 19.5 Å². The highest BCUT2D eigenvalue weighted by Crippen LogP contribution is 2.44. The molecule has 1 saturated carbocycles. The first-order valence-corrected chi connectivity index (χ1v) is 9.26. The first-order valence-electron chi connectivity index (χ1n) is 9.26. The lowest BCUT2D eigenvalue weighted by Gasteiger charge is -2.31.